The number of aromatic nitrogens is 3. The Balaban J connectivity index is 1.70. The SMILES string of the molecule is C=CC(=O)N1CC[C@H](n2cc(-c3cc4ccccc4o3)c3c(N)n[nH]c(=O)c32)C1. The van der Waals surface area contributed by atoms with E-state index in [1.54, 1.807) is 4.90 Å². The van der Waals surface area contributed by atoms with Crippen molar-refractivity contribution in [1.29, 1.82) is 0 Å². The van der Waals surface area contributed by atoms with E-state index in [1.165, 1.54) is 6.08 Å². The molecule has 0 radical (unpaired) electrons. The van der Waals surface area contributed by atoms with Gasteiger partial charge < -0.3 is 19.6 Å². The fourth-order valence-electron chi connectivity index (χ4n) is 4.12. The van der Waals surface area contributed by atoms with Crippen molar-refractivity contribution in [2.45, 2.75) is 12.5 Å². The first-order valence-electron chi connectivity index (χ1n) is 9.36. The number of para-hydroxylation sites is 1. The fraction of sp³-hybridized carbons (Fsp3) is 0.190. The molecule has 4 heterocycles. The number of nitrogen functional groups attached to an aromatic ring is 1. The maximum Gasteiger partial charge on any atom is 0.288 e. The van der Waals surface area contributed by atoms with Gasteiger partial charge in [0.2, 0.25) is 5.91 Å². The average molecular weight is 389 g/mol. The first-order chi connectivity index (χ1) is 14.1. The van der Waals surface area contributed by atoms with Crippen molar-refractivity contribution >= 4 is 33.6 Å². The second-order valence-corrected chi connectivity index (χ2v) is 7.19. The molecule has 1 aliphatic rings. The van der Waals surface area contributed by atoms with E-state index in [2.05, 4.69) is 16.8 Å². The molecule has 1 saturated heterocycles. The molecule has 1 aromatic carbocycles. The molecule has 4 aromatic rings. The van der Waals surface area contributed by atoms with E-state index in [-0.39, 0.29) is 23.3 Å². The Labute approximate surface area is 165 Å². The number of benzene rings is 1. The molecule has 1 amide bonds. The number of H-pyrrole nitrogens is 1. The Bertz CT molecular complexity index is 1300. The molecule has 3 aromatic heterocycles. The zero-order chi connectivity index (χ0) is 20.1. The van der Waals surface area contributed by atoms with Crippen LogP contribution in [0.2, 0.25) is 0 Å². The van der Waals surface area contributed by atoms with Crippen LogP contribution in [0.25, 0.3) is 33.2 Å². The predicted octanol–water partition coefficient (Wildman–Crippen LogP) is 2.68. The molecule has 1 aliphatic heterocycles. The van der Waals surface area contributed by atoms with Gasteiger partial charge in [-0.1, -0.05) is 24.8 Å². The summed E-state index contributed by atoms with van der Waals surface area (Å²) in [4.78, 5) is 26.4. The monoisotopic (exact) mass is 389 g/mol. The van der Waals surface area contributed by atoms with Crippen molar-refractivity contribution in [3.05, 3.63) is 59.5 Å². The minimum absolute atomic E-state index is 0.0533. The summed E-state index contributed by atoms with van der Waals surface area (Å²) in [5, 5.41) is 7.93. The summed E-state index contributed by atoms with van der Waals surface area (Å²) in [7, 11) is 0. The number of likely N-dealkylation sites (tertiary alicyclic amines) is 1. The van der Waals surface area contributed by atoms with Gasteiger partial charge >= 0.3 is 0 Å². The van der Waals surface area contributed by atoms with Crippen LogP contribution in [0.15, 0.2) is 58.4 Å². The molecule has 8 nitrogen and oxygen atoms in total. The highest BCUT2D eigenvalue weighted by atomic mass is 16.3. The maximum atomic E-state index is 12.7. The van der Waals surface area contributed by atoms with Crippen molar-refractivity contribution in [1.82, 2.24) is 19.7 Å². The smallest absolute Gasteiger partial charge is 0.288 e. The van der Waals surface area contributed by atoms with E-state index in [1.807, 2.05) is 41.1 Å². The summed E-state index contributed by atoms with van der Waals surface area (Å²) in [6, 6.07) is 9.58. The zero-order valence-electron chi connectivity index (χ0n) is 15.6. The molecule has 0 bridgehead atoms. The highest BCUT2D eigenvalue weighted by Crippen LogP contribution is 2.37. The second kappa shape index (κ2) is 6.37. The van der Waals surface area contributed by atoms with E-state index in [4.69, 9.17) is 10.2 Å². The van der Waals surface area contributed by atoms with Gasteiger partial charge in [0.1, 0.15) is 16.9 Å². The van der Waals surface area contributed by atoms with E-state index in [9.17, 15) is 9.59 Å². The molecular weight excluding hydrogens is 370 g/mol. The van der Waals surface area contributed by atoms with Gasteiger partial charge in [0.15, 0.2) is 5.82 Å². The number of furan rings is 1. The van der Waals surface area contributed by atoms with Gasteiger partial charge in [-0.3, -0.25) is 9.59 Å². The van der Waals surface area contributed by atoms with Gasteiger partial charge in [-0.25, -0.2) is 5.10 Å². The minimum Gasteiger partial charge on any atom is -0.456 e. The average Bonchev–Trinajstić information content (AvgIpc) is 3.45. The first kappa shape index (κ1) is 17.3. The van der Waals surface area contributed by atoms with Crippen LogP contribution < -0.4 is 11.3 Å². The lowest BCUT2D eigenvalue weighted by molar-refractivity contribution is -0.125. The van der Waals surface area contributed by atoms with Crippen molar-refractivity contribution in [2.75, 3.05) is 18.8 Å². The number of nitrogens with zero attached hydrogens (tertiary/aromatic N) is 3. The van der Waals surface area contributed by atoms with Crippen molar-refractivity contribution < 1.29 is 9.21 Å². The number of rotatable bonds is 3. The fourth-order valence-corrected chi connectivity index (χ4v) is 4.12. The van der Waals surface area contributed by atoms with Gasteiger partial charge in [-0.15, -0.1) is 0 Å². The Kier molecular flexibility index (Phi) is 3.80. The molecule has 8 heteroatoms. The molecule has 1 fully saturated rings. The Morgan fingerprint density at radius 2 is 2.21 bits per heavy atom. The Morgan fingerprint density at radius 1 is 1.38 bits per heavy atom. The van der Waals surface area contributed by atoms with E-state index < -0.39 is 0 Å². The van der Waals surface area contributed by atoms with Crippen LogP contribution in [0.3, 0.4) is 0 Å². The number of hydrogen-bond acceptors (Lipinski definition) is 5. The van der Waals surface area contributed by atoms with Gasteiger partial charge in [-0.2, -0.15) is 5.10 Å². The molecule has 5 rings (SSSR count). The third-order valence-corrected chi connectivity index (χ3v) is 5.52. The summed E-state index contributed by atoms with van der Waals surface area (Å²) in [5.41, 5.74) is 7.72. The molecular formula is C21H19N5O3. The summed E-state index contributed by atoms with van der Waals surface area (Å²) >= 11 is 0. The third kappa shape index (κ3) is 2.64. The number of amides is 1. The molecule has 1 atom stereocenters. The third-order valence-electron chi connectivity index (χ3n) is 5.52. The van der Waals surface area contributed by atoms with E-state index in [0.29, 0.717) is 35.3 Å². The lowest BCUT2D eigenvalue weighted by Gasteiger charge is -2.16. The molecule has 0 saturated carbocycles. The number of carbonyl (C=O) groups excluding carboxylic acids is 1. The van der Waals surface area contributed by atoms with Gasteiger partial charge in [0, 0.05) is 30.2 Å². The van der Waals surface area contributed by atoms with Gasteiger partial charge in [0.25, 0.3) is 5.56 Å². The van der Waals surface area contributed by atoms with Crippen molar-refractivity contribution in [2.24, 2.45) is 0 Å². The normalized spacial score (nSPS) is 16.7. The Morgan fingerprint density at radius 3 is 3.00 bits per heavy atom. The summed E-state index contributed by atoms with van der Waals surface area (Å²) in [6.07, 6.45) is 3.91. The summed E-state index contributed by atoms with van der Waals surface area (Å²) < 4.78 is 7.92. The number of carbonyl (C=O) groups is 1. The summed E-state index contributed by atoms with van der Waals surface area (Å²) in [6.45, 7) is 4.65. The molecule has 0 aliphatic carbocycles. The van der Waals surface area contributed by atoms with Crippen LogP contribution in [-0.2, 0) is 4.79 Å². The molecule has 0 spiro atoms. The summed E-state index contributed by atoms with van der Waals surface area (Å²) in [5.74, 6) is 0.730. The predicted molar refractivity (Wildman–Crippen MR) is 110 cm³/mol. The van der Waals surface area contributed by atoms with Crippen LogP contribution in [0.4, 0.5) is 5.82 Å². The minimum atomic E-state index is -0.329. The van der Waals surface area contributed by atoms with E-state index in [0.717, 1.165) is 17.4 Å². The second-order valence-electron chi connectivity index (χ2n) is 7.19. The molecule has 3 N–H and O–H groups in total. The van der Waals surface area contributed by atoms with Gasteiger partial charge in [0.05, 0.1) is 11.4 Å². The largest absolute Gasteiger partial charge is 0.456 e. The number of fused-ring (bicyclic) bond motifs is 2. The van der Waals surface area contributed by atoms with E-state index >= 15 is 0 Å². The first-order valence-corrected chi connectivity index (χ1v) is 9.36. The van der Waals surface area contributed by atoms with Crippen LogP contribution in [0, 0.1) is 0 Å². The molecule has 146 valence electrons. The highest BCUT2D eigenvalue weighted by molar-refractivity contribution is 6.02. The maximum absolute atomic E-state index is 12.7. The topological polar surface area (TPSA) is 110 Å². The molecule has 29 heavy (non-hydrogen) atoms. The lowest BCUT2D eigenvalue weighted by Crippen LogP contribution is -2.27. The Hall–Kier alpha value is -3.81. The number of nitrogens with two attached hydrogens (primary N) is 1. The number of aromatic amines is 1. The number of anilines is 1. The van der Waals surface area contributed by atoms with Crippen molar-refractivity contribution in [3.63, 3.8) is 0 Å². The lowest BCUT2D eigenvalue weighted by atomic mass is 10.1. The van der Waals surface area contributed by atoms with Crippen molar-refractivity contribution in [3.8, 4) is 11.3 Å². The van der Waals surface area contributed by atoms with Crippen LogP contribution in [0.1, 0.15) is 12.5 Å². The number of hydrogen-bond donors (Lipinski definition) is 2. The van der Waals surface area contributed by atoms with Gasteiger partial charge in [-0.05, 0) is 24.6 Å². The number of nitrogens with one attached hydrogen (secondary N) is 1. The zero-order valence-corrected chi connectivity index (χ0v) is 15.6. The standard InChI is InChI=1S/C21H19N5O3/c1-2-17(27)25-8-7-13(10-25)26-11-14(18-19(26)21(28)24-23-20(18)22)16-9-12-5-3-4-6-15(12)29-16/h2-6,9,11,13H,1,7-8,10H2,(H2,22,23)(H,24,28)/t13-/m0/s1. The van der Waals surface area contributed by atoms with Crippen LogP contribution in [-0.4, -0.2) is 38.7 Å². The van der Waals surface area contributed by atoms with Crippen LogP contribution in [0.5, 0.6) is 0 Å². The molecule has 0 unspecified atom stereocenters. The quantitative estimate of drug-likeness (QED) is 0.524. The van der Waals surface area contributed by atoms with Crippen LogP contribution >= 0.6 is 0 Å². The highest BCUT2D eigenvalue weighted by Gasteiger charge is 2.30.